The summed E-state index contributed by atoms with van der Waals surface area (Å²) in [6.45, 7) is 12.2. The van der Waals surface area contributed by atoms with Gasteiger partial charge in [0.15, 0.2) is 23.9 Å². The number of nitrogens with one attached hydrogen (secondary N) is 2. The minimum Gasteiger partial charge on any atom is -0.432 e. The number of hydrogen-bond donors (Lipinski definition) is 3. The van der Waals surface area contributed by atoms with Crippen LogP contribution in [-0.2, 0) is 87.7 Å². The van der Waals surface area contributed by atoms with Gasteiger partial charge < -0.3 is 72.2 Å². The Morgan fingerprint density at radius 3 is 1.54 bits per heavy atom. The number of anilines is 2. The van der Waals surface area contributed by atoms with Crippen LogP contribution in [0.3, 0.4) is 0 Å². The van der Waals surface area contributed by atoms with E-state index in [1.54, 1.807) is 97.0 Å². The van der Waals surface area contributed by atoms with Crippen LogP contribution < -0.4 is 10.6 Å². The summed E-state index contributed by atoms with van der Waals surface area (Å²) in [6.07, 6.45) is -1.41. The van der Waals surface area contributed by atoms with Crippen molar-refractivity contribution in [2.45, 2.75) is 125 Å². The van der Waals surface area contributed by atoms with E-state index in [0.717, 1.165) is 0 Å². The number of ether oxygens (including phenoxy) is 10. The summed E-state index contributed by atoms with van der Waals surface area (Å²) in [7, 11) is -8.36. The van der Waals surface area contributed by atoms with Gasteiger partial charge in [0.1, 0.15) is 30.1 Å². The summed E-state index contributed by atoms with van der Waals surface area (Å²) < 4.78 is 102. The van der Waals surface area contributed by atoms with Crippen LogP contribution >= 0.6 is 15.2 Å². The lowest BCUT2D eigenvalue weighted by Crippen LogP contribution is -2.23. The molecule has 29 nitrogen and oxygen atoms in total. The third kappa shape index (κ3) is 20.7. The van der Waals surface area contributed by atoms with E-state index in [4.69, 9.17) is 65.5 Å². The van der Waals surface area contributed by atoms with Crippen molar-refractivity contribution in [2.24, 2.45) is 0 Å². The SMILES string of the molecule is CC(C)OC(=O)OCOP(=O)(CO[C@H](C)Cn1cnc2c(NCNc3ncnc4c3ncn4C[C@H](C)OCP(=O)(OCOC(=O)OC(C)C)OCOC(O)OC(C)C)ccnc21)OCOC(=O)OC(C)C. The molecule has 4 heterocycles. The van der Waals surface area contributed by atoms with Crippen molar-refractivity contribution in [1.82, 2.24) is 34.1 Å². The Morgan fingerprint density at radius 1 is 0.592 bits per heavy atom. The predicted molar refractivity (Wildman–Crippen MR) is 246 cm³/mol. The van der Waals surface area contributed by atoms with Crippen LogP contribution in [0.15, 0.2) is 31.2 Å². The van der Waals surface area contributed by atoms with Gasteiger partial charge in [-0.3, -0.25) is 27.2 Å². The lowest BCUT2D eigenvalue weighted by Gasteiger charge is -2.22. The fourth-order valence-corrected chi connectivity index (χ4v) is 7.69. The maximum Gasteiger partial charge on any atom is 0.510 e. The minimum absolute atomic E-state index is 0.162. The Kier molecular flexibility index (Phi) is 23.5. The Labute approximate surface area is 408 Å². The molecule has 0 spiro atoms. The average molecular weight is 1050 g/mol. The molecule has 0 aliphatic rings. The maximum atomic E-state index is 13.6. The number of fused-ring (bicyclic) bond motifs is 2. The molecule has 4 aromatic rings. The van der Waals surface area contributed by atoms with Crippen molar-refractivity contribution in [3.8, 4) is 0 Å². The van der Waals surface area contributed by atoms with Crippen molar-refractivity contribution in [3.63, 3.8) is 0 Å². The van der Waals surface area contributed by atoms with E-state index in [-0.39, 0.29) is 25.9 Å². The summed E-state index contributed by atoms with van der Waals surface area (Å²) in [5, 5.41) is 16.3. The zero-order chi connectivity index (χ0) is 52.1. The first-order valence-corrected chi connectivity index (χ1v) is 25.5. The first kappa shape index (κ1) is 58.3. The number of imidazole rings is 2. The van der Waals surface area contributed by atoms with Crippen molar-refractivity contribution >= 4 is 67.5 Å². The van der Waals surface area contributed by atoms with E-state index in [9.17, 15) is 28.6 Å². The summed E-state index contributed by atoms with van der Waals surface area (Å²) >= 11 is 0. The summed E-state index contributed by atoms with van der Waals surface area (Å²) in [5.74, 6) is 0.400. The minimum atomic E-state index is -4.20. The second-order valence-corrected chi connectivity index (χ2v) is 20.0. The highest BCUT2D eigenvalue weighted by Crippen LogP contribution is 2.49. The number of hydrogen-bond acceptors (Lipinski definition) is 27. The molecule has 0 aliphatic carbocycles. The molecular formula is C40H63N9O20P2. The van der Waals surface area contributed by atoms with Gasteiger partial charge in [0.2, 0.25) is 20.4 Å². The third-order valence-electron chi connectivity index (χ3n) is 8.50. The van der Waals surface area contributed by atoms with Gasteiger partial charge in [-0.1, -0.05) is 0 Å². The molecule has 31 heteroatoms. The molecular weight excluding hydrogens is 988 g/mol. The largest absolute Gasteiger partial charge is 0.510 e. The van der Waals surface area contributed by atoms with Crippen molar-refractivity contribution in [1.29, 1.82) is 0 Å². The number of aliphatic hydroxyl groups is 1. The molecule has 2 unspecified atom stereocenters. The first-order chi connectivity index (χ1) is 33.6. The second-order valence-electron chi connectivity index (χ2n) is 16.0. The van der Waals surface area contributed by atoms with Crippen LogP contribution in [-0.4, -0.2) is 147 Å². The topological polar surface area (TPSA) is 333 Å². The van der Waals surface area contributed by atoms with E-state index >= 15 is 0 Å². The van der Waals surface area contributed by atoms with Gasteiger partial charge in [0.05, 0.1) is 74.7 Å². The highest BCUT2D eigenvalue weighted by atomic mass is 31.2. The molecule has 4 atom stereocenters. The molecule has 0 aliphatic heterocycles. The number of carbonyl (C=O) groups excluding carboxylic acids is 3. The average Bonchev–Trinajstić information content (AvgIpc) is 3.88. The van der Waals surface area contributed by atoms with Crippen LogP contribution in [0.4, 0.5) is 25.9 Å². The Morgan fingerprint density at radius 2 is 1.06 bits per heavy atom. The molecule has 0 aromatic carbocycles. The molecule has 4 rings (SSSR count). The molecule has 0 fully saturated rings. The highest BCUT2D eigenvalue weighted by Gasteiger charge is 2.30. The van der Waals surface area contributed by atoms with Crippen molar-refractivity contribution < 1.29 is 94.1 Å². The lowest BCUT2D eigenvalue weighted by atomic mass is 10.3. The van der Waals surface area contributed by atoms with Gasteiger partial charge in [-0.2, -0.15) is 0 Å². The number of pyridine rings is 1. The summed E-state index contributed by atoms with van der Waals surface area (Å²) in [5.41, 5.74) is 2.52. The quantitative estimate of drug-likeness (QED) is 0.0204. The van der Waals surface area contributed by atoms with E-state index in [2.05, 4.69) is 35.6 Å². The van der Waals surface area contributed by atoms with Crippen LogP contribution in [0.5, 0.6) is 0 Å². The normalized spacial score (nSPS) is 14.1. The summed E-state index contributed by atoms with van der Waals surface area (Å²) in [4.78, 5) is 57.7. The number of aliphatic hydroxyl groups excluding tert-OH is 1. The standard InChI is InChI=1S/C40H63N9O20P2/c1-25(2)66-37(50)56-19-62-70(54,63-20-57-38(51)67-26(3)4)23-60-29(9)13-48-17-46-32-31(11-12-41-35(32)48)42-15-43-34-33-36(45-16-44-34)49(18-47-33)14-30(10)61-24-71(55,64-21-58-39(52)68-27(5)6)65-22-59-40(53)69-28(7)8/h11-12,16-18,25-30,39,52H,13-15,19-24H2,1-10H3,(H,41,42)(H,43,44,45)/t29-,30+,39?,71?/m1/s1. The Balaban J connectivity index is 1.33. The van der Waals surface area contributed by atoms with Crippen molar-refractivity contribution in [3.05, 3.63) is 31.2 Å². The molecule has 398 valence electrons. The lowest BCUT2D eigenvalue weighted by molar-refractivity contribution is -0.294. The first-order valence-electron chi connectivity index (χ1n) is 22.0. The van der Waals surface area contributed by atoms with Crippen LogP contribution in [0.2, 0.25) is 0 Å². The fourth-order valence-electron chi connectivity index (χ4n) is 5.51. The van der Waals surface area contributed by atoms with E-state index in [1.807, 2.05) is 0 Å². The van der Waals surface area contributed by atoms with Crippen LogP contribution in [0.1, 0.15) is 69.2 Å². The zero-order valence-electron chi connectivity index (χ0n) is 41.0. The molecule has 0 bridgehead atoms. The second kappa shape index (κ2) is 28.7. The molecule has 3 N–H and O–H groups in total. The van der Waals surface area contributed by atoms with E-state index in [0.29, 0.717) is 33.8 Å². The molecule has 0 radical (unpaired) electrons. The fraction of sp³-hybridized carbons (Fsp3) is 0.650. The van der Waals surface area contributed by atoms with Crippen LogP contribution in [0, 0.1) is 0 Å². The van der Waals surface area contributed by atoms with E-state index in [1.165, 1.54) is 12.7 Å². The Hall–Kier alpha value is -5.32. The molecule has 0 amide bonds. The Bertz CT molecular complexity index is 2360. The van der Waals surface area contributed by atoms with Gasteiger partial charge in [0.25, 0.3) is 6.48 Å². The number of nitrogens with zero attached hydrogens (tertiary/aromatic N) is 7. The molecule has 4 aromatic heterocycles. The number of rotatable bonds is 32. The smallest absolute Gasteiger partial charge is 0.432 e. The van der Waals surface area contributed by atoms with Crippen LogP contribution in [0.25, 0.3) is 22.3 Å². The predicted octanol–water partition coefficient (Wildman–Crippen LogP) is 6.46. The van der Waals surface area contributed by atoms with Gasteiger partial charge in [-0.15, -0.1) is 0 Å². The monoisotopic (exact) mass is 1050 g/mol. The maximum absolute atomic E-state index is 13.6. The van der Waals surface area contributed by atoms with E-state index < -0.39 is 111 Å². The number of aromatic nitrogens is 7. The molecule has 0 saturated heterocycles. The number of carbonyl (C=O) groups is 3. The third-order valence-corrected chi connectivity index (χ3v) is 11.4. The van der Waals surface area contributed by atoms with Crippen molar-refractivity contribution in [2.75, 3.05) is 57.2 Å². The van der Waals surface area contributed by atoms with Gasteiger partial charge in [0, 0.05) is 6.20 Å². The summed E-state index contributed by atoms with van der Waals surface area (Å²) in [6, 6.07) is 1.73. The highest BCUT2D eigenvalue weighted by molar-refractivity contribution is 7.53. The van der Waals surface area contributed by atoms with Gasteiger partial charge in [-0.25, -0.2) is 39.3 Å². The molecule has 0 saturated carbocycles. The van der Waals surface area contributed by atoms with Gasteiger partial charge in [-0.05, 0) is 75.3 Å². The molecule has 71 heavy (non-hydrogen) atoms. The van der Waals surface area contributed by atoms with Gasteiger partial charge >= 0.3 is 33.7 Å². The zero-order valence-corrected chi connectivity index (χ0v) is 42.8.